The zero-order valence-electron chi connectivity index (χ0n) is 28.3. The third-order valence-corrected chi connectivity index (χ3v) is 12.3. The summed E-state index contributed by atoms with van der Waals surface area (Å²) in [7, 11) is 0. The van der Waals surface area contributed by atoms with E-state index in [9.17, 15) is 0 Å². The van der Waals surface area contributed by atoms with Gasteiger partial charge >= 0.3 is 0 Å². The van der Waals surface area contributed by atoms with E-state index < -0.39 is 0 Å². The maximum absolute atomic E-state index is 2.88. The third kappa shape index (κ3) is 5.75. The van der Waals surface area contributed by atoms with Gasteiger partial charge in [0, 0.05) is 46.2 Å². The second-order valence-electron chi connectivity index (χ2n) is 15.4. The first-order chi connectivity index (χ1) is 22.6. The van der Waals surface area contributed by atoms with Crippen LogP contribution in [0.2, 0.25) is 0 Å². The topological polar surface area (TPSA) is 8.17 Å². The summed E-state index contributed by atoms with van der Waals surface area (Å²) in [4.78, 5) is 2.88. The molecule has 46 heavy (non-hydrogen) atoms. The summed E-state index contributed by atoms with van der Waals surface area (Å²) in [6, 6.07) is 12.7. The van der Waals surface area contributed by atoms with Crippen LogP contribution in [-0.4, -0.2) is 21.6 Å². The molecule has 1 saturated carbocycles. The monoisotopic (exact) mass is 610 g/mol. The van der Waals surface area contributed by atoms with Crippen LogP contribution >= 0.6 is 0 Å². The number of rotatable bonds is 6. The Morgan fingerprint density at radius 1 is 0.761 bits per heavy atom. The van der Waals surface area contributed by atoms with Crippen LogP contribution in [0.4, 0.5) is 0 Å². The quantitative estimate of drug-likeness (QED) is 0.295. The Morgan fingerprint density at radius 3 is 2.37 bits per heavy atom. The Bertz CT molecular complexity index is 1600. The molecule has 4 atom stereocenters. The van der Waals surface area contributed by atoms with E-state index in [1.54, 1.807) is 22.7 Å². The van der Waals surface area contributed by atoms with E-state index in [0.717, 1.165) is 12.3 Å². The highest BCUT2D eigenvalue weighted by molar-refractivity contribution is 5.75. The Balaban J connectivity index is 0.957. The molecule has 4 unspecified atom stereocenters. The molecule has 6 aliphatic rings. The molecule has 6 aliphatic carbocycles. The third-order valence-electron chi connectivity index (χ3n) is 12.3. The predicted molar refractivity (Wildman–Crippen MR) is 195 cm³/mol. The SMILES string of the molecule is CC1C=Cc2c3c(n(C4CCC(C5=CCC(N(C6=CCCCC6)C6C=CC(c7ccccc7)=CC6)CC5)CC4)c2C1)C(C)CC=C3. The number of hydrogen-bond donors (Lipinski definition) is 0. The second kappa shape index (κ2) is 13.1. The van der Waals surface area contributed by atoms with Crippen LogP contribution in [0, 0.1) is 11.8 Å². The molecule has 8 rings (SSSR count). The number of nitrogens with zero attached hydrogens (tertiary/aromatic N) is 2. The van der Waals surface area contributed by atoms with Crippen LogP contribution in [0.5, 0.6) is 0 Å². The lowest BCUT2D eigenvalue weighted by atomic mass is 9.76. The largest absolute Gasteiger partial charge is 0.365 e. The molecule has 0 saturated heterocycles. The van der Waals surface area contributed by atoms with Crippen molar-refractivity contribution in [3.05, 3.63) is 112 Å². The van der Waals surface area contributed by atoms with E-state index in [2.05, 4.69) is 108 Å². The smallest absolute Gasteiger partial charge is 0.0511 e. The lowest BCUT2D eigenvalue weighted by Gasteiger charge is -2.44. The van der Waals surface area contributed by atoms with E-state index in [-0.39, 0.29) is 0 Å². The minimum Gasteiger partial charge on any atom is -0.365 e. The van der Waals surface area contributed by atoms with Gasteiger partial charge in [0.2, 0.25) is 0 Å². The van der Waals surface area contributed by atoms with Gasteiger partial charge in [-0.15, -0.1) is 0 Å². The molecule has 0 radical (unpaired) electrons. The Labute approximate surface area is 278 Å². The molecule has 0 bridgehead atoms. The summed E-state index contributed by atoms with van der Waals surface area (Å²) in [6.07, 6.45) is 40.4. The average Bonchev–Trinajstić information content (AvgIpc) is 3.44. The van der Waals surface area contributed by atoms with Crippen LogP contribution in [0.3, 0.4) is 0 Å². The summed E-state index contributed by atoms with van der Waals surface area (Å²) in [5, 5.41) is 0. The Kier molecular flexibility index (Phi) is 8.57. The van der Waals surface area contributed by atoms with Gasteiger partial charge in [-0.05, 0) is 113 Å². The zero-order valence-corrected chi connectivity index (χ0v) is 28.3. The van der Waals surface area contributed by atoms with Crippen molar-refractivity contribution >= 4 is 17.7 Å². The molecule has 0 aliphatic heterocycles. The second-order valence-corrected chi connectivity index (χ2v) is 15.4. The highest BCUT2D eigenvalue weighted by Crippen LogP contribution is 2.46. The molecule has 1 aromatic carbocycles. The summed E-state index contributed by atoms with van der Waals surface area (Å²) < 4.78 is 2.88. The van der Waals surface area contributed by atoms with Gasteiger partial charge in [0.25, 0.3) is 0 Å². The molecular weight excluding hydrogens is 556 g/mol. The van der Waals surface area contributed by atoms with Crippen molar-refractivity contribution in [2.24, 2.45) is 11.8 Å². The van der Waals surface area contributed by atoms with E-state index in [1.807, 2.05) is 0 Å². The van der Waals surface area contributed by atoms with E-state index in [0.29, 0.717) is 30.0 Å². The van der Waals surface area contributed by atoms with Crippen molar-refractivity contribution < 1.29 is 0 Å². The van der Waals surface area contributed by atoms with Crippen LogP contribution in [0.25, 0.3) is 17.7 Å². The fraction of sp³-hybridized carbons (Fsp3) is 0.500. The molecule has 2 aromatic rings. The van der Waals surface area contributed by atoms with Crippen LogP contribution in [0.15, 0.2) is 84.1 Å². The lowest BCUT2D eigenvalue weighted by molar-refractivity contribution is 0.182. The van der Waals surface area contributed by atoms with Crippen LogP contribution < -0.4 is 0 Å². The number of allylic oxidation sites excluding steroid dienone is 7. The number of hydrogen-bond acceptors (Lipinski definition) is 1. The average molecular weight is 611 g/mol. The summed E-state index contributed by atoms with van der Waals surface area (Å²) in [6.45, 7) is 4.85. The van der Waals surface area contributed by atoms with Gasteiger partial charge in [-0.2, -0.15) is 0 Å². The standard InChI is InChI=1S/C44H54N2/c1-31-16-29-41-42-15-9-10-32(2)44(42)46(43(41)30-31)40-27-21-36(22-28-40)35-19-25-39(26-20-35)45(37-13-7-4-8-14-37)38-23-17-34(18-24-38)33-11-5-3-6-12-33/h3,5-6,9,11-13,15-19,23,29,31-32,36,38-40H,4,7-8,10,14,20-22,24-28,30H2,1-2H3. The maximum Gasteiger partial charge on any atom is 0.0511 e. The Morgan fingerprint density at radius 2 is 1.63 bits per heavy atom. The summed E-state index contributed by atoms with van der Waals surface area (Å²) in [5.41, 5.74) is 12.5. The molecule has 1 heterocycles. The normalized spacial score (nSPS) is 30.6. The number of fused-ring (bicyclic) bond motifs is 3. The first-order valence-electron chi connectivity index (χ1n) is 18.9. The molecular formula is C44H54N2. The molecule has 0 N–H and O–H groups in total. The fourth-order valence-corrected chi connectivity index (χ4v) is 9.93. The lowest BCUT2D eigenvalue weighted by Crippen LogP contribution is -2.43. The first-order valence-corrected chi connectivity index (χ1v) is 18.9. The van der Waals surface area contributed by atoms with Gasteiger partial charge in [-0.1, -0.05) is 104 Å². The molecule has 2 heteroatoms. The number of aromatic nitrogens is 1. The van der Waals surface area contributed by atoms with Crippen molar-refractivity contribution in [3.63, 3.8) is 0 Å². The van der Waals surface area contributed by atoms with Crippen molar-refractivity contribution in [1.82, 2.24) is 9.47 Å². The van der Waals surface area contributed by atoms with Gasteiger partial charge in [-0.25, -0.2) is 0 Å². The summed E-state index contributed by atoms with van der Waals surface area (Å²) >= 11 is 0. The van der Waals surface area contributed by atoms with Gasteiger partial charge in [0.15, 0.2) is 0 Å². The molecule has 0 amide bonds. The van der Waals surface area contributed by atoms with Gasteiger partial charge < -0.3 is 9.47 Å². The molecule has 1 aromatic heterocycles. The van der Waals surface area contributed by atoms with Gasteiger partial charge in [0.05, 0.1) is 6.04 Å². The molecule has 1 fully saturated rings. The fourth-order valence-electron chi connectivity index (χ4n) is 9.93. The van der Waals surface area contributed by atoms with Gasteiger partial charge in [0.1, 0.15) is 0 Å². The molecule has 240 valence electrons. The molecule has 0 spiro atoms. The van der Waals surface area contributed by atoms with Crippen LogP contribution in [0.1, 0.15) is 137 Å². The van der Waals surface area contributed by atoms with Gasteiger partial charge in [-0.3, -0.25) is 0 Å². The minimum atomic E-state index is 0.487. The summed E-state index contributed by atoms with van der Waals surface area (Å²) in [5.74, 6) is 2.07. The Hall–Kier alpha value is -3.26. The minimum absolute atomic E-state index is 0.487. The highest BCUT2D eigenvalue weighted by atomic mass is 15.2. The van der Waals surface area contributed by atoms with E-state index in [1.165, 1.54) is 106 Å². The number of benzene rings is 1. The van der Waals surface area contributed by atoms with E-state index >= 15 is 0 Å². The van der Waals surface area contributed by atoms with E-state index in [4.69, 9.17) is 0 Å². The van der Waals surface area contributed by atoms with Crippen molar-refractivity contribution in [2.75, 3.05) is 0 Å². The molecule has 2 nitrogen and oxygen atoms in total. The first kappa shape index (κ1) is 30.1. The van der Waals surface area contributed by atoms with Crippen molar-refractivity contribution in [1.29, 1.82) is 0 Å². The highest BCUT2D eigenvalue weighted by Gasteiger charge is 2.35. The zero-order chi connectivity index (χ0) is 31.0. The predicted octanol–water partition coefficient (Wildman–Crippen LogP) is 11.6. The van der Waals surface area contributed by atoms with Crippen molar-refractivity contribution in [3.8, 4) is 0 Å². The van der Waals surface area contributed by atoms with Crippen LogP contribution in [-0.2, 0) is 6.42 Å². The van der Waals surface area contributed by atoms with Crippen molar-refractivity contribution in [2.45, 2.75) is 128 Å². The maximum atomic E-state index is 2.88.